The fourth-order valence-corrected chi connectivity index (χ4v) is 5.77. The van der Waals surface area contributed by atoms with Crippen molar-refractivity contribution in [1.82, 2.24) is 24.6 Å². The molecule has 2 aromatic heterocycles. The first kappa shape index (κ1) is 22.2. The largest absolute Gasteiger partial charge is 0.360 e. The fraction of sp³-hybridized carbons (Fsp3) is 0.409. The minimum atomic E-state index is -3.67. The second-order valence-electron chi connectivity index (χ2n) is 7.96. The average molecular weight is 458 g/mol. The summed E-state index contributed by atoms with van der Waals surface area (Å²) in [4.78, 5) is 12.7. The molecule has 0 radical (unpaired) electrons. The molecular formula is C22H27N5O4S. The van der Waals surface area contributed by atoms with E-state index in [0.717, 1.165) is 11.4 Å². The van der Waals surface area contributed by atoms with Crippen LogP contribution in [-0.4, -0.2) is 53.2 Å². The summed E-state index contributed by atoms with van der Waals surface area (Å²) in [5.74, 6) is 0.0481. The van der Waals surface area contributed by atoms with Crippen molar-refractivity contribution in [3.63, 3.8) is 0 Å². The molecule has 1 aliphatic rings. The molecule has 0 bridgehead atoms. The number of carbonyl (C=O) groups excluding carboxylic acids is 1. The number of amides is 1. The standard InChI is InChI=1S/C22H27N5O4S/c1-16-21(17(2)31-25-16)32(29,30)26-13-9-18(10-14-26)22(28)23-12-8-19-11-15-27(24-19)20-6-4-3-5-7-20/h3-7,11,15,18H,8-10,12-14H2,1-2H3,(H,23,28). The normalized spacial score (nSPS) is 15.7. The van der Waals surface area contributed by atoms with Crippen LogP contribution in [0, 0.1) is 19.8 Å². The molecule has 0 spiro atoms. The predicted molar refractivity (Wildman–Crippen MR) is 118 cm³/mol. The highest BCUT2D eigenvalue weighted by atomic mass is 32.2. The van der Waals surface area contributed by atoms with Crippen molar-refractivity contribution < 1.29 is 17.7 Å². The lowest BCUT2D eigenvalue weighted by Gasteiger charge is -2.30. The highest BCUT2D eigenvalue weighted by molar-refractivity contribution is 7.89. The minimum absolute atomic E-state index is 0.0399. The van der Waals surface area contributed by atoms with Crippen molar-refractivity contribution in [2.45, 2.75) is 38.0 Å². The van der Waals surface area contributed by atoms with Crippen molar-refractivity contribution in [2.24, 2.45) is 5.92 Å². The van der Waals surface area contributed by atoms with Crippen molar-refractivity contribution in [3.8, 4) is 5.69 Å². The van der Waals surface area contributed by atoms with Crippen LogP contribution in [-0.2, 0) is 21.2 Å². The number of piperidine rings is 1. The third-order valence-electron chi connectivity index (χ3n) is 5.74. The Morgan fingerprint density at radius 1 is 1.16 bits per heavy atom. The smallest absolute Gasteiger partial charge is 0.248 e. The molecule has 170 valence electrons. The van der Waals surface area contributed by atoms with E-state index in [1.807, 2.05) is 47.3 Å². The van der Waals surface area contributed by atoms with E-state index in [9.17, 15) is 13.2 Å². The van der Waals surface area contributed by atoms with Gasteiger partial charge in [0.15, 0.2) is 5.76 Å². The first-order chi connectivity index (χ1) is 15.4. The molecule has 1 aliphatic heterocycles. The summed E-state index contributed by atoms with van der Waals surface area (Å²) in [6, 6.07) is 11.8. The number of aromatic nitrogens is 3. The van der Waals surface area contributed by atoms with Gasteiger partial charge >= 0.3 is 0 Å². The van der Waals surface area contributed by atoms with Gasteiger partial charge in [-0.05, 0) is 44.9 Å². The average Bonchev–Trinajstić information content (AvgIpc) is 3.41. The van der Waals surface area contributed by atoms with Gasteiger partial charge in [0.25, 0.3) is 0 Å². The Kier molecular flexibility index (Phi) is 6.43. The number of aryl methyl sites for hydroxylation is 2. The maximum Gasteiger partial charge on any atom is 0.248 e. The van der Waals surface area contributed by atoms with Crippen molar-refractivity contribution in [3.05, 3.63) is 59.7 Å². The topological polar surface area (TPSA) is 110 Å². The van der Waals surface area contributed by atoms with Crippen LogP contribution in [0.2, 0.25) is 0 Å². The Morgan fingerprint density at radius 3 is 2.53 bits per heavy atom. The quantitative estimate of drug-likeness (QED) is 0.583. The SMILES string of the molecule is Cc1noc(C)c1S(=O)(=O)N1CCC(C(=O)NCCc2ccn(-c3ccccc3)n2)CC1. The summed E-state index contributed by atoms with van der Waals surface area (Å²) in [5, 5.41) is 11.3. The number of benzene rings is 1. The van der Waals surface area contributed by atoms with E-state index >= 15 is 0 Å². The van der Waals surface area contributed by atoms with Crippen LogP contribution in [0.3, 0.4) is 0 Å². The highest BCUT2D eigenvalue weighted by Gasteiger charge is 2.35. The molecule has 32 heavy (non-hydrogen) atoms. The number of rotatable bonds is 7. The molecule has 4 rings (SSSR count). The molecule has 3 heterocycles. The number of hydrogen-bond donors (Lipinski definition) is 1. The molecule has 0 aliphatic carbocycles. The lowest BCUT2D eigenvalue weighted by atomic mass is 9.97. The molecule has 0 unspecified atom stereocenters. The summed E-state index contributed by atoms with van der Waals surface area (Å²) in [7, 11) is -3.67. The number of hydrogen-bond acceptors (Lipinski definition) is 6. The third kappa shape index (κ3) is 4.61. The summed E-state index contributed by atoms with van der Waals surface area (Å²) in [6.45, 7) is 4.29. The van der Waals surface area contributed by atoms with Gasteiger partial charge < -0.3 is 9.84 Å². The van der Waals surface area contributed by atoms with E-state index < -0.39 is 10.0 Å². The van der Waals surface area contributed by atoms with Crippen LogP contribution < -0.4 is 5.32 Å². The van der Waals surface area contributed by atoms with Gasteiger partial charge in [0.05, 0.1) is 11.4 Å². The van der Waals surface area contributed by atoms with Gasteiger partial charge in [-0.2, -0.15) is 9.40 Å². The number of nitrogens with one attached hydrogen (secondary N) is 1. The second-order valence-corrected chi connectivity index (χ2v) is 9.83. The molecule has 1 N–H and O–H groups in total. The molecular weight excluding hydrogens is 430 g/mol. The monoisotopic (exact) mass is 457 g/mol. The van der Waals surface area contributed by atoms with Gasteiger partial charge in [-0.1, -0.05) is 23.4 Å². The lowest BCUT2D eigenvalue weighted by molar-refractivity contribution is -0.126. The molecule has 9 nitrogen and oxygen atoms in total. The van der Waals surface area contributed by atoms with Gasteiger partial charge in [-0.25, -0.2) is 13.1 Å². The van der Waals surface area contributed by atoms with Crippen LogP contribution in [0.5, 0.6) is 0 Å². The Bertz CT molecular complexity index is 1160. The van der Waals surface area contributed by atoms with Crippen molar-refractivity contribution in [2.75, 3.05) is 19.6 Å². The zero-order valence-electron chi connectivity index (χ0n) is 18.2. The summed E-state index contributed by atoms with van der Waals surface area (Å²) in [6.07, 6.45) is 3.50. The number of nitrogens with zero attached hydrogens (tertiary/aromatic N) is 4. The highest BCUT2D eigenvalue weighted by Crippen LogP contribution is 2.27. The zero-order chi connectivity index (χ0) is 22.7. The van der Waals surface area contributed by atoms with E-state index in [4.69, 9.17) is 4.52 Å². The maximum atomic E-state index is 12.9. The predicted octanol–water partition coefficient (Wildman–Crippen LogP) is 2.24. The molecule has 1 amide bonds. The first-order valence-electron chi connectivity index (χ1n) is 10.7. The lowest BCUT2D eigenvalue weighted by Crippen LogP contribution is -2.43. The van der Waals surface area contributed by atoms with E-state index in [2.05, 4.69) is 15.6 Å². The molecule has 0 saturated carbocycles. The number of para-hydroxylation sites is 1. The van der Waals surface area contributed by atoms with Gasteiger partial charge in [-0.15, -0.1) is 0 Å². The van der Waals surface area contributed by atoms with Crippen LogP contribution in [0.15, 0.2) is 52.0 Å². The zero-order valence-corrected chi connectivity index (χ0v) is 19.0. The molecule has 1 aromatic carbocycles. The second kappa shape index (κ2) is 9.25. The van der Waals surface area contributed by atoms with Crippen molar-refractivity contribution >= 4 is 15.9 Å². The van der Waals surface area contributed by atoms with E-state index in [1.54, 1.807) is 13.8 Å². The third-order valence-corrected chi connectivity index (χ3v) is 7.88. The molecule has 1 saturated heterocycles. The summed E-state index contributed by atoms with van der Waals surface area (Å²) >= 11 is 0. The van der Waals surface area contributed by atoms with Gasteiger partial charge in [0, 0.05) is 38.2 Å². The van der Waals surface area contributed by atoms with Gasteiger partial charge in [0.2, 0.25) is 15.9 Å². The van der Waals surface area contributed by atoms with Crippen LogP contribution in [0.1, 0.15) is 30.0 Å². The van der Waals surface area contributed by atoms with E-state index in [-0.39, 0.29) is 22.5 Å². The van der Waals surface area contributed by atoms with Crippen LogP contribution in [0.4, 0.5) is 0 Å². The summed E-state index contributed by atoms with van der Waals surface area (Å²) in [5.41, 5.74) is 2.24. The maximum absolute atomic E-state index is 12.9. The summed E-state index contributed by atoms with van der Waals surface area (Å²) < 4.78 is 34.1. The molecule has 10 heteroatoms. The van der Waals surface area contributed by atoms with Crippen LogP contribution >= 0.6 is 0 Å². The first-order valence-corrected chi connectivity index (χ1v) is 12.1. The Hall–Kier alpha value is -2.98. The fourth-order valence-electron chi connectivity index (χ4n) is 4.01. The Morgan fingerprint density at radius 2 is 1.88 bits per heavy atom. The number of sulfonamides is 1. The Labute approximate surface area is 187 Å². The Balaban J connectivity index is 1.26. The van der Waals surface area contributed by atoms with E-state index in [1.165, 1.54) is 4.31 Å². The van der Waals surface area contributed by atoms with Gasteiger partial charge in [0.1, 0.15) is 10.6 Å². The minimum Gasteiger partial charge on any atom is -0.360 e. The molecule has 0 atom stereocenters. The van der Waals surface area contributed by atoms with E-state index in [0.29, 0.717) is 44.6 Å². The van der Waals surface area contributed by atoms with Gasteiger partial charge in [-0.3, -0.25) is 4.79 Å². The number of carbonyl (C=O) groups is 1. The molecule has 1 fully saturated rings. The van der Waals surface area contributed by atoms with Crippen molar-refractivity contribution in [1.29, 1.82) is 0 Å². The van der Waals surface area contributed by atoms with Crippen LogP contribution in [0.25, 0.3) is 5.69 Å². The molecule has 3 aromatic rings.